The average Bonchev–Trinajstić information content (AvgIpc) is 2.93. The Morgan fingerprint density at radius 3 is 2.33 bits per heavy atom. The minimum absolute atomic E-state index is 0.0165. The van der Waals surface area contributed by atoms with Crippen LogP contribution in [-0.2, 0) is 23.9 Å². The minimum Gasteiger partial charge on any atom is -0.481 e. The number of allylic oxidation sites excluding steroid dienone is 4. The fraction of sp³-hybridized carbons (Fsp3) is 0.667. The third kappa shape index (κ3) is 3.07. The Kier molecular flexibility index (Phi) is 5.59. The van der Waals surface area contributed by atoms with Gasteiger partial charge in [0.1, 0.15) is 17.8 Å². The number of hydrogen-bond donors (Lipinski definition) is 1. The van der Waals surface area contributed by atoms with Gasteiger partial charge in [-0.15, -0.1) is 0 Å². The van der Waals surface area contributed by atoms with Gasteiger partial charge in [0, 0.05) is 24.3 Å². The molecule has 0 spiro atoms. The second-order valence-electron chi connectivity index (χ2n) is 9.97. The number of aldehydes is 1. The number of esters is 1. The van der Waals surface area contributed by atoms with Crippen molar-refractivity contribution < 1.29 is 29.0 Å². The molecule has 6 heteroatoms. The summed E-state index contributed by atoms with van der Waals surface area (Å²) >= 11 is 0. The molecule has 0 aromatic heterocycles. The van der Waals surface area contributed by atoms with E-state index in [1.165, 1.54) is 13.0 Å². The normalized spacial score (nSPS) is 42.4. The number of rotatable bonds is 4. The SMILES string of the molecule is CC(=O)O[C@@H]1CC[C@@]2(C)[C@@H](CC[C@]3(C)/C(=C(\C)C=CC=O)C(=O)C[C@@H]23)[C@@]1(C)C(=O)O. The fourth-order valence-corrected chi connectivity index (χ4v) is 7.19. The van der Waals surface area contributed by atoms with Gasteiger partial charge in [-0.3, -0.25) is 19.2 Å². The number of Topliss-reactive ketones (excluding diaryl/α,β-unsaturated/α-hetero) is 1. The number of ketones is 1. The minimum atomic E-state index is -1.19. The Morgan fingerprint density at radius 2 is 1.77 bits per heavy atom. The van der Waals surface area contributed by atoms with E-state index in [0.717, 1.165) is 11.1 Å². The quantitative estimate of drug-likeness (QED) is 0.424. The highest BCUT2D eigenvalue weighted by molar-refractivity contribution is 6.01. The second-order valence-corrected chi connectivity index (χ2v) is 9.97. The smallest absolute Gasteiger partial charge is 0.313 e. The van der Waals surface area contributed by atoms with Crippen LogP contribution in [0.1, 0.15) is 66.7 Å². The van der Waals surface area contributed by atoms with Crippen molar-refractivity contribution in [1.29, 1.82) is 0 Å². The fourth-order valence-electron chi connectivity index (χ4n) is 7.19. The molecule has 30 heavy (non-hydrogen) atoms. The van der Waals surface area contributed by atoms with Gasteiger partial charge in [0.05, 0.1) is 0 Å². The van der Waals surface area contributed by atoms with Crippen LogP contribution in [0, 0.1) is 28.1 Å². The molecule has 0 bridgehead atoms. The van der Waals surface area contributed by atoms with Crippen molar-refractivity contribution in [2.75, 3.05) is 0 Å². The first-order chi connectivity index (χ1) is 13.9. The van der Waals surface area contributed by atoms with Crippen molar-refractivity contribution in [2.24, 2.45) is 28.1 Å². The second kappa shape index (κ2) is 7.47. The third-order valence-electron chi connectivity index (χ3n) is 8.48. The molecule has 0 unspecified atom stereocenters. The van der Waals surface area contributed by atoms with Gasteiger partial charge in [-0.25, -0.2) is 0 Å². The Bertz CT molecular complexity index is 854. The molecule has 0 aliphatic heterocycles. The first-order valence-corrected chi connectivity index (χ1v) is 10.7. The summed E-state index contributed by atoms with van der Waals surface area (Å²) in [6.45, 7) is 9.13. The Morgan fingerprint density at radius 1 is 1.10 bits per heavy atom. The number of carbonyl (C=O) groups excluding carboxylic acids is 3. The van der Waals surface area contributed by atoms with E-state index in [1.54, 1.807) is 13.0 Å². The third-order valence-corrected chi connectivity index (χ3v) is 8.48. The van der Waals surface area contributed by atoms with Gasteiger partial charge < -0.3 is 9.84 Å². The molecule has 3 rings (SSSR count). The van der Waals surface area contributed by atoms with E-state index in [0.29, 0.717) is 38.4 Å². The number of carbonyl (C=O) groups is 4. The molecular formula is C24H32O6. The molecule has 0 aromatic rings. The Labute approximate surface area is 177 Å². The standard InChI is InChI=1S/C24H32O6/c1-14(7-6-12-25)20-16(27)13-18-22(3)11-9-19(30-15(2)26)24(5,21(28)29)17(22)8-10-23(18,20)4/h6-7,12,17-19H,8-11,13H2,1-5H3,(H,28,29)/b7-6?,20-14+/t17-,18+,19-,22+,23+,24-/m1/s1. The number of aliphatic carboxylic acids is 1. The highest BCUT2D eigenvalue weighted by Crippen LogP contribution is 2.69. The van der Waals surface area contributed by atoms with Crippen LogP contribution in [0.4, 0.5) is 0 Å². The van der Waals surface area contributed by atoms with Crippen LogP contribution < -0.4 is 0 Å². The van der Waals surface area contributed by atoms with E-state index < -0.39 is 23.5 Å². The van der Waals surface area contributed by atoms with Crippen molar-refractivity contribution in [2.45, 2.75) is 72.8 Å². The molecule has 0 radical (unpaired) electrons. The zero-order chi connectivity index (χ0) is 22.5. The number of carboxylic acids is 1. The molecule has 3 saturated carbocycles. The van der Waals surface area contributed by atoms with Crippen LogP contribution in [0.5, 0.6) is 0 Å². The van der Waals surface area contributed by atoms with E-state index in [4.69, 9.17) is 4.74 Å². The van der Waals surface area contributed by atoms with Crippen molar-refractivity contribution in [1.82, 2.24) is 0 Å². The zero-order valence-corrected chi connectivity index (χ0v) is 18.5. The van der Waals surface area contributed by atoms with Crippen LogP contribution >= 0.6 is 0 Å². The van der Waals surface area contributed by atoms with Crippen LogP contribution in [0.25, 0.3) is 0 Å². The summed E-state index contributed by atoms with van der Waals surface area (Å²) in [7, 11) is 0. The highest BCUT2D eigenvalue weighted by Gasteiger charge is 2.68. The Hall–Kier alpha value is -2.24. The molecule has 3 fully saturated rings. The highest BCUT2D eigenvalue weighted by atomic mass is 16.5. The van der Waals surface area contributed by atoms with Gasteiger partial charge in [-0.05, 0) is 68.4 Å². The van der Waals surface area contributed by atoms with Crippen molar-refractivity contribution in [3.05, 3.63) is 23.3 Å². The lowest BCUT2D eigenvalue weighted by Crippen LogP contribution is -2.61. The van der Waals surface area contributed by atoms with Crippen molar-refractivity contribution in [3.8, 4) is 0 Å². The van der Waals surface area contributed by atoms with Gasteiger partial charge in [-0.2, -0.15) is 0 Å². The Balaban J connectivity index is 2.08. The molecule has 3 aliphatic rings. The zero-order valence-electron chi connectivity index (χ0n) is 18.5. The molecule has 0 saturated heterocycles. The van der Waals surface area contributed by atoms with E-state index in [9.17, 15) is 24.3 Å². The van der Waals surface area contributed by atoms with Crippen LogP contribution in [0.3, 0.4) is 0 Å². The number of fused-ring (bicyclic) bond motifs is 3. The van der Waals surface area contributed by atoms with Crippen molar-refractivity contribution >= 4 is 24.0 Å². The molecule has 3 aliphatic carbocycles. The molecule has 6 nitrogen and oxygen atoms in total. The summed E-state index contributed by atoms with van der Waals surface area (Å²) in [5.74, 6) is -1.50. The number of carboxylic acid groups (broad SMARTS) is 1. The lowest BCUT2D eigenvalue weighted by Gasteiger charge is -2.61. The van der Waals surface area contributed by atoms with Gasteiger partial charge >= 0.3 is 11.9 Å². The predicted molar refractivity (Wildman–Crippen MR) is 110 cm³/mol. The number of hydrogen-bond acceptors (Lipinski definition) is 5. The largest absolute Gasteiger partial charge is 0.481 e. The van der Waals surface area contributed by atoms with E-state index >= 15 is 0 Å². The van der Waals surface area contributed by atoms with E-state index in [-0.39, 0.29) is 28.4 Å². The molecule has 1 N–H and O–H groups in total. The molecule has 0 amide bonds. The molecule has 164 valence electrons. The molecule has 6 atom stereocenters. The lowest BCUT2D eigenvalue weighted by molar-refractivity contribution is -0.204. The first kappa shape index (κ1) is 22.4. The maximum absolute atomic E-state index is 13.1. The van der Waals surface area contributed by atoms with Gasteiger partial charge in [0.25, 0.3) is 0 Å². The van der Waals surface area contributed by atoms with Crippen LogP contribution in [0.2, 0.25) is 0 Å². The molecular weight excluding hydrogens is 384 g/mol. The van der Waals surface area contributed by atoms with Gasteiger partial charge in [-0.1, -0.05) is 19.9 Å². The monoisotopic (exact) mass is 416 g/mol. The number of ether oxygens (including phenoxy) is 1. The summed E-state index contributed by atoms with van der Waals surface area (Å²) in [6.07, 6.45) is 6.05. The van der Waals surface area contributed by atoms with Gasteiger partial charge in [0.2, 0.25) is 0 Å². The predicted octanol–water partition coefficient (Wildman–Crippen LogP) is 3.89. The molecule has 0 aromatic carbocycles. The maximum atomic E-state index is 13.1. The summed E-state index contributed by atoms with van der Waals surface area (Å²) < 4.78 is 5.49. The van der Waals surface area contributed by atoms with E-state index in [1.807, 2.05) is 6.92 Å². The summed E-state index contributed by atoms with van der Waals surface area (Å²) in [4.78, 5) is 48.0. The summed E-state index contributed by atoms with van der Waals surface area (Å²) in [5, 5.41) is 10.2. The van der Waals surface area contributed by atoms with E-state index in [2.05, 4.69) is 13.8 Å². The summed E-state index contributed by atoms with van der Waals surface area (Å²) in [6, 6.07) is 0. The van der Waals surface area contributed by atoms with Crippen LogP contribution in [-0.4, -0.2) is 35.2 Å². The maximum Gasteiger partial charge on any atom is 0.313 e. The molecule has 0 heterocycles. The lowest BCUT2D eigenvalue weighted by atomic mass is 9.42. The average molecular weight is 417 g/mol. The van der Waals surface area contributed by atoms with Crippen molar-refractivity contribution in [3.63, 3.8) is 0 Å². The van der Waals surface area contributed by atoms with Crippen LogP contribution in [0.15, 0.2) is 23.3 Å². The topological polar surface area (TPSA) is 97.7 Å². The summed E-state index contributed by atoms with van der Waals surface area (Å²) in [5.41, 5.74) is -0.309. The van der Waals surface area contributed by atoms with Gasteiger partial charge in [0.15, 0.2) is 5.78 Å². The first-order valence-electron chi connectivity index (χ1n) is 10.7.